The quantitative estimate of drug-likeness (QED) is 0.0621. The van der Waals surface area contributed by atoms with Crippen LogP contribution in [-0.2, 0) is 20.2 Å². The number of nitrogens with one attached hydrogen (secondary N) is 2. The molecule has 4 aromatic rings. The van der Waals surface area contributed by atoms with Crippen LogP contribution in [0.3, 0.4) is 0 Å². The molecule has 20 heteroatoms. The Morgan fingerprint density at radius 1 is 0.550 bits per heavy atom. The molecule has 4 N–H and O–H groups in total. The van der Waals surface area contributed by atoms with E-state index in [1.165, 1.54) is 36.4 Å². The van der Waals surface area contributed by atoms with E-state index in [1.807, 2.05) is 0 Å². The molecule has 0 saturated carbocycles. The Hall–Kier alpha value is -0.580. The van der Waals surface area contributed by atoms with Crippen molar-refractivity contribution >= 4 is 153 Å². The molecule has 0 spiro atoms. The van der Waals surface area contributed by atoms with E-state index >= 15 is 0 Å². The third kappa shape index (κ3) is 9.21. The second-order valence-electron chi connectivity index (χ2n) is 7.44. The minimum absolute atomic E-state index is 0. The van der Waals surface area contributed by atoms with Crippen LogP contribution in [-0.4, -0.2) is 105 Å². The third-order valence-corrected chi connectivity index (χ3v) is 7.42. The van der Waals surface area contributed by atoms with E-state index in [1.54, 1.807) is 0 Å². The zero-order valence-corrected chi connectivity index (χ0v) is 23.8. The van der Waals surface area contributed by atoms with E-state index < -0.39 is 30.0 Å². The van der Waals surface area contributed by atoms with Crippen LogP contribution in [0.2, 0.25) is 0 Å². The summed E-state index contributed by atoms with van der Waals surface area (Å²) in [6.45, 7) is 0. The maximum absolute atomic E-state index is 12.3. The standard InChI is InChI=1S/C20H16N6O6S6.2Na.2H/c27-37(28,29)13-5-9(21-19-23-15(33)7-16(34)24-19)1-3-11(13)12-4-2-10(6-14(12)38(30,31)32)22-20-25-17(35)8-18(36)26-20;;;;/h1-8H,(H,27,28,29)(H,30,31,32)(H3,21,23,24,33,34)(H3,22,25,26,35,36);;;;. The van der Waals surface area contributed by atoms with Crippen molar-refractivity contribution in [3.63, 3.8) is 0 Å². The fourth-order valence-corrected chi connectivity index (χ4v) is 5.82. The third-order valence-electron chi connectivity index (χ3n) is 4.72. The number of thiol groups is 4. The summed E-state index contributed by atoms with van der Waals surface area (Å²) in [5.74, 6) is 0.0879. The van der Waals surface area contributed by atoms with Crippen LogP contribution in [0.25, 0.3) is 11.1 Å². The second kappa shape index (κ2) is 14.3. The van der Waals surface area contributed by atoms with Crippen LogP contribution in [0.15, 0.2) is 78.4 Å². The monoisotopic (exact) mass is 676 g/mol. The molecule has 0 atom stereocenters. The normalized spacial score (nSPS) is 11.2. The SMILES string of the molecule is O=S(=O)(O)c1cc(Nc2nc(S)cc(S)n2)ccc1-c1ccc(Nc2nc(S)cc(S)n2)cc1S(=O)(=O)O.[NaH].[NaH]. The summed E-state index contributed by atoms with van der Waals surface area (Å²) in [6, 6.07) is 10.4. The Morgan fingerprint density at radius 2 is 0.850 bits per heavy atom. The van der Waals surface area contributed by atoms with Crippen molar-refractivity contribution in [2.75, 3.05) is 10.6 Å². The summed E-state index contributed by atoms with van der Waals surface area (Å²) in [6.07, 6.45) is 0. The Bertz CT molecular complexity index is 1630. The van der Waals surface area contributed by atoms with Crippen LogP contribution in [0.1, 0.15) is 0 Å². The molecule has 2 aromatic heterocycles. The molecule has 0 aliphatic heterocycles. The van der Waals surface area contributed by atoms with Gasteiger partial charge in [0.2, 0.25) is 11.9 Å². The molecule has 2 heterocycles. The van der Waals surface area contributed by atoms with E-state index in [-0.39, 0.29) is 93.5 Å². The minimum atomic E-state index is -4.88. The molecule has 2 aromatic carbocycles. The number of anilines is 4. The van der Waals surface area contributed by atoms with Gasteiger partial charge < -0.3 is 10.6 Å². The van der Waals surface area contributed by atoms with Crippen molar-refractivity contribution in [2.45, 2.75) is 29.9 Å². The topological polar surface area (TPSA) is 184 Å². The van der Waals surface area contributed by atoms with Gasteiger partial charge >= 0.3 is 59.1 Å². The second-order valence-corrected chi connectivity index (χ2v) is 12.1. The fourth-order valence-electron chi connectivity index (χ4n) is 3.29. The molecule has 202 valence electrons. The van der Waals surface area contributed by atoms with E-state index in [2.05, 4.69) is 81.1 Å². The zero-order chi connectivity index (χ0) is 27.8. The molecule has 0 aliphatic carbocycles. The van der Waals surface area contributed by atoms with Crippen LogP contribution in [0, 0.1) is 0 Å². The first-order chi connectivity index (χ1) is 17.7. The summed E-state index contributed by atoms with van der Waals surface area (Å²) < 4.78 is 69.0. The Balaban J connectivity index is 0.00000280. The Labute approximate surface area is 295 Å². The van der Waals surface area contributed by atoms with Gasteiger partial charge in [-0.2, -0.15) is 16.8 Å². The summed E-state index contributed by atoms with van der Waals surface area (Å²) >= 11 is 16.5. The first-order valence-corrected chi connectivity index (χ1v) is 14.7. The van der Waals surface area contributed by atoms with Crippen molar-refractivity contribution < 1.29 is 25.9 Å². The fraction of sp³-hybridized carbons (Fsp3) is 0. The molecule has 12 nitrogen and oxygen atoms in total. The number of nitrogens with zero attached hydrogens (tertiary/aromatic N) is 4. The molecule has 40 heavy (non-hydrogen) atoms. The number of hydrogen-bond donors (Lipinski definition) is 8. The number of aromatic nitrogens is 4. The predicted octanol–water partition coefficient (Wildman–Crippen LogP) is 2.77. The van der Waals surface area contributed by atoms with E-state index in [0.29, 0.717) is 20.1 Å². The van der Waals surface area contributed by atoms with Gasteiger partial charge in [-0.1, -0.05) is 12.1 Å². The molecule has 0 saturated heterocycles. The van der Waals surface area contributed by atoms with Gasteiger partial charge in [0.05, 0.1) is 20.1 Å². The first kappa shape index (κ1) is 35.6. The predicted molar refractivity (Wildman–Crippen MR) is 165 cm³/mol. The molecule has 0 bridgehead atoms. The molecule has 0 fully saturated rings. The maximum atomic E-state index is 12.3. The Morgan fingerprint density at radius 3 is 1.12 bits per heavy atom. The molecule has 0 aliphatic rings. The van der Waals surface area contributed by atoms with E-state index in [0.717, 1.165) is 12.1 Å². The molecule has 0 radical (unpaired) electrons. The van der Waals surface area contributed by atoms with Crippen LogP contribution in [0.4, 0.5) is 23.3 Å². The zero-order valence-electron chi connectivity index (χ0n) is 18.5. The van der Waals surface area contributed by atoms with Gasteiger partial charge in [-0.05, 0) is 24.3 Å². The van der Waals surface area contributed by atoms with E-state index in [4.69, 9.17) is 0 Å². The summed E-state index contributed by atoms with van der Waals surface area (Å²) in [7, 11) is -9.77. The van der Waals surface area contributed by atoms with Crippen LogP contribution < -0.4 is 10.6 Å². The summed E-state index contributed by atoms with van der Waals surface area (Å²) in [4.78, 5) is 14.9. The molecular weight excluding hydrogens is 659 g/mol. The molecule has 4 rings (SSSR count). The van der Waals surface area contributed by atoms with Gasteiger partial charge in [0, 0.05) is 34.6 Å². The number of rotatable bonds is 7. The Kier molecular flexibility index (Phi) is 12.7. The first-order valence-electron chi connectivity index (χ1n) is 10.0. The summed E-state index contributed by atoms with van der Waals surface area (Å²) in [5, 5.41) is 6.71. The van der Waals surface area contributed by atoms with Gasteiger partial charge in [-0.25, -0.2) is 19.9 Å². The van der Waals surface area contributed by atoms with Crippen molar-refractivity contribution in [3.05, 3.63) is 48.5 Å². The van der Waals surface area contributed by atoms with Crippen molar-refractivity contribution in [1.29, 1.82) is 0 Å². The average molecular weight is 677 g/mol. The summed E-state index contributed by atoms with van der Waals surface area (Å²) in [5.41, 5.74) is -0.124. The van der Waals surface area contributed by atoms with Gasteiger partial charge in [-0.15, -0.1) is 50.5 Å². The molecular formula is C20H18N6Na2O6S6. The van der Waals surface area contributed by atoms with Crippen molar-refractivity contribution in [1.82, 2.24) is 19.9 Å². The van der Waals surface area contributed by atoms with Crippen molar-refractivity contribution in [3.8, 4) is 11.1 Å². The molecule has 0 unspecified atom stereocenters. The van der Waals surface area contributed by atoms with Crippen molar-refractivity contribution in [2.24, 2.45) is 0 Å². The number of benzene rings is 2. The molecule has 0 amide bonds. The van der Waals surface area contributed by atoms with Crippen LogP contribution in [0.5, 0.6) is 0 Å². The van der Waals surface area contributed by atoms with E-state index in [9.17, 15) is 25.9 Å². The number of hydrogen-bond acceptors (Lipinski definition) is 14. The van der Waals surface area contributed by atoms with Crippen LogP contribution >= 0.6 is 50.5 Å². The van der Waals surface area contributed by atoms with Gasteiger partial charge in [-0.3, -0.25) is 9.11 Å². The van der Waals surface area contributed by atoms with Gasteiger partial charge in [0.1, 0.15) is 9.79 Å². The average Bonchev–Trinajstić information content (AvgIpc) is 2.76. The van der Waals surface area contributed by atoms with Gasteiger partial charge in [0.15, 0.2) is 0 Å². The van der Waals surface area contributed by atoms with Gasteiger partial charge in [0.25, 0.3) is 20.2 Å².